The first-order valence-electron chi connectivity index (χ1n) is 15.0. The molecule has 0 aliphatic rings. The molecular weight excluding hydrogens is 475 g/mol. The summed E-state index contributed by atoms with van der Waals surface area (Å²) in [7, 11) is -4.38. The van der Waals surface area contributed by atoms with E-state index in [1.54, 1.807) is 6.07 Å². The summed E-state index contributed by atoms with van der Waals surface area (Å²) in [5, 5.41) is 0. The molecule has 0 radical (unpaired) electrons. The van der Waals surface area contributed by atoms with Gasteiger partial charge in [0.25, 0.3) is 0 Å². The molecule has 0 unspecified atom stereocenters. The predicted molar refractivity (Wildman–Crippen MR) is 150 cm³/mol. The van der Waals surface area contributed by atoms with E-state index in [1.165, 1.54) is 134 Å². The maximum Gasteiger partial charge on any atom is 1.00 e. The molecule has 0 N–H and O–H groups in total. The van der Waals surface area contributed by atoms with Gasteiger partial charge in [0, 0.05) is 0 Å². The minimum Gasteiger partial charge on any atom is -0.744 e. The molecular formula is C31H55NaO3S. The third-order valence-corrected chi connectivity index (χ3v) is 8.34. The minimum atomic E-state index is -4.38. The van der Waals surface area contributed by atoms with Crippen molar-refractivity contribution in [1.82, 2.24) is 0 Å². The zero-order chi connectivity index (χ0) is 25.6. The van der Waals surface area contributed by atoms with Crippen molar-refractivity contribution in [3.05, 3.63) is 29.3 Å². The van der Waals surface area contributed by atoms with Gasteiger partial charge in [-0.1, -0.05) is 154 Å². The summed E-state index contributed by atoms with van der Waals surface area (Å²) in [5.74, 6) is 0. The van der Waals surface area contributed by atoms with Crippen LogP contribution in [0.15, 0.2) is 23.1 Å². The molecule has 0 heterocycles. The van der Waals surface area contributed by atoms with Gasteiger partial charge in [0.05, 0.1) is 4.90 Å². The monoisotopic (exact) mass is 530 g/mol. The normalized spacial score (nSPS) is 11.5. The van der Waals surface area contributed by atoms with E-state index in [-0.39, 0.29) is 34.5 Å². The van der Waals surface area contributed by atoms with Crippen LogP contribution in [-0.2, 0) is 16.5 Å². The van der Waals surface area contributed by atoms with Gasteiger partial charge in [-0.3, -0.25) is 0 Å². The number of aryl methyl sites for hydroxylation is 1. The summed E-state index contributed by atoms with van der Waals surface area (Å²) < 4.78 is 34.4. The first-order valence-corrected chi connectivity index (χ1v) is 16.4. The van der Waals surface area contributed by atoms with Crippen molar-refractivity contribution in [3.8, 4) is 0 Å². The number of hydrogen-bond donors (Lipinski definition) is 0. The summed E-state index contributed by atoms with van der Waals surface area (Å²) in [6.07, 6.45) is 30.6. The Hall–Kier alpha value is 0.130. The van der Waals surface area contributed by atoms with Gasteiger partial charge in [0.2, 0.25) is 0 Å². The second kappa shape index (κ2) is 24.2. The summed E-state index contributed by atoms with van der Waals surface area (Å²) in [6, 6.07) is 4.99. The van der Waals surface area contributed by atoms with Crippen molar-refractivity contribution in [2.24, 2.45) is 0 Å². The van der Waals surface area contributed by atoms with Crippen LogP contribution in [0.3, 0.4) is 0 Å². The largest absolute Gasteiger partial charge is 1.00 e. The topological polar surface area (TPSA) is 57.2 Å². The van der Waals surface area contributed by atoms with E-state index in [2.05, 4.69) is 6.92 Å². The molecule has 1 aromatic rings. The smallest absolute Gasteiger partial charge is 0.744 e. The molecule has 0 aliphatic heterocycles. The van der Waals surface area contributed by atoms with E-state index in [1.807, 2.05) is 13.0 Å². The maximum absolute atomic E-state index is 11.5. The molecule has 0 amide bonds. The van der Waals surface area contributed by atoms with Crippen LogP contribution in [0.2, 0.25) is 0 Å². The zero-order valence-electron chi connectivity index (χ0n) is 24.1. The van der Waals surface area contributed by atoms with Crippen LogP contribution in [0.4, 0.5) is 0 Å². The fraction of sp³-hybridized carbons (Fsp3) is 0.806. The molecule has 204 valence electrons. The van der Waals surface area contributed by atoms with E-state index in [9.17, 15) is 13.0 Å². The van der Waals surface area contributed by atoms with E-state index in [0.29, 0.717) is 6.42 Å². The van der Waals surface area contributed by atoms with Crippen LogP contribution in [0.25, 0.3) is 0 Å². The van der Waals surface area contributed by atoms with Crippen LogP contribution in [0, 0.1) is 6.92 Å². The molecule has 0 aliphatic carbocycles. The maximum atomic E-state index is 11.5. The van der Waals surface area contributed by atoms with Gasteiger partial charge >= 0.3 is 29.6 Å². The number of rotatable bonds is 24. The third-order valence-electron chi connectivity index (χ3n) is 7.42. The Morgan fingerprint density at radius 3 is 1.25 bits per heavy atom. The molecule has 0 spiro atoms. The molecule has 0 aromatic heterocycles. The Morgan fingerprint density at radius 2 is 0.917 bits per heavy atom. The fourth-order valence-electron chi connectivity index (χ4n) is 5.14. The van der Waals surface area contributed by atoms with Gasteiger partial charge in [-0.2, -0.15) is 0 Å². The average molecular weight is 531 g/mol. The average Bonchev–Trinajstić information content (AvgIpc) is 2.82. The SMILES string of the molecule is CCCCCCCCCCCCCCCCCCCCCCCCc1c(C)cccc1S(=O)(=O)[O-].[Na+]. The van der Waals surface area contributed by atoms with Gasteiger partial charge in [0.15, 0.2) is 0 Å². The van der Waals surface area contributed by atoms with Crippen molar-refractivity contribution in [2.45, 2.75) is 166 Å². The summed E-state index contributed by atoms with van der Waals surface area (Å²) >= 11 is 0. The Kier molecular flexibility index (Phi) is 24.3. The van der Waals surface area contributed by atoms with Crippen molar-refractivity contribution in [3.63, 3.8) is 0 Å². The fourth-order valence-corrected chi connectivity index (χ4v) is 5.95. The summed E-state index contributed by atoms with van der Waals surface area (Å²) in [4.78, 5) is -0.0269. The molecule has 0 saturated carbocycles. The first-order chi connectivity index (χ1) is 17.0. The standard InChI is InChI=1S/C31H56O3S.Na/c1-3-4-5-6-7-8-9-10-11-12-13-14-15-16-17-18-19-20-21-22-23-24-27-30-29(2)26-25-28-31(30)35(32,33)34;/h25-26,28H,3-24,27H2,1-2H3,(H,32,33,34);/q;+1/p-1. The Bertz CT molecular complexity index is 733. The number of hydrogen-bond acceptors (Lipinski definition) is 3. The Morgan fingerprint density at radius 1 is 0.583 bits per heavy atom. The summed E-state index contributed by atoms with van der Waals surface area (Å²) in [5.41, 5.74) is 1.63. The second-order valence-corrected chi connectivity index (χ2v) is 12.0. The van der Waals surface area contributed by atoms with Crippen molar-refractivity contribution in [1.29, 1.82) is 0 Å². The minimum absolute atomic E-state index is 0. The molecule has 5 heteroatoms. The van der Waals surface area contributed by atoms with Gasteiger partial charge in [-0.25, -0.2) is 8.42 Å². The number of benzene rings is 1. The van der Waals surface area contributed by atoms with Gasteiger partial charge in [-0.15, -0.1) is 0 Å². The molecule has 0 saturated heterocycles. The number of unbranched alkanes of at least 4 members (excludes halogenated alkanes) is 21. The molecule has 0 fully saturated rings. The van der Waals surface area contributed by atoms with Gasteiger partial charge in [0.1, 0.15) is 10.1 Å². The van der Waals surface area contributed by atoms with Crippen LogP contribution in [-0.4, -0.2) is 13.0 Å². The molecule has 1 aromatic carbocycles. The molecule has 1 rings (SSSR count). The van der Waals surface area contributed by atoms with E-state index in [4.69, 9.17) is 0 Å². The third kappa shape index (κ3) is 19.2. The van der Waals surface area contributed by atoms with Crippen LogP contribution >= 0.6 is 0 Å². The molecule has 36 heavy (non-hydrogen) atoms. The van der Waals surface area contributed by atoms with Gasteiger partial charge < -0.3 is 4.55 Å². The van der Waals surface area contributed by atoms with E-state index in [0.717, 1.165) is 24.0 Å². The summed E-state index contributed by atoms with van der Waals surface area (Å²) in [6.45, 7) is 4.18. The van der Waals surface area contributed by atoms with Crippen LogP contribution in [0.1, 0.15) is 159 Å². The Balaban J connectivity index is 0.0000122. The molecule has 0 atom stereocenters. The second-order valence-electron chi connectivity index (χ2n) is 10.7. The molecule has 3 nitrogen and oxygen atoms in total. The van der Waals surface area contributed by atoms with Crippen molar-refractivity contribution >= 4 is 10.1 Å². The van der Waals surface area contributed by atoms with Gasteiger partial charge in [-0.05, 0) is 37.0 Å². The van der Waals surface area contributed by atoms with E-state index < -0.39 is 10.1 Å². The Labute approximate surface area is 247 Å². The van der Waals surface area contributed by atoms with Crippen molar-refractivity contribution in [2.75, 3.05) is 0 Å². The predicted octanol–water partition coefficient (Wildman–Crippen LogP) is 7.05. The van der Waals surface area contributed by atoms with Crippen LogP contribution in [0.5, 0.6) is 0 Å². The quantitative estimate of drug-likeness (QED) is 0.0817. The van der Waals surface area contributed by atoms with Crippen molar-refractivity contribution < 1.29 is 42.5 Å². The zero-order valence-corrected chi connectivity index (χ0v) is 26.9. The van der Waals surface area contributed by atoms with Crippen LogP contribution < -0.4 is 29.6 Å². The first kappa shape index (κ1) is 36.1. The molecule has 0 bridgehead atoms. The van der Waals surface area contributed by atoms with E-state index >= 15 is 0 Å².